The Labute approximate surface area is 158 Å². The third-order valence-electron chi connectivity index (χ3n) is 3.95. The summed E-state index contributed by atoms with van der Waals surface area (Å²) in [6.07, 6.45) is 8.42. The zero-order valence-corrected chi connectivity index (χ0v) is 15.1. The van der Waals surface area contributed by atoms with Gasteiger partial charge in [0.15, 0.2) is 6.61 Å². The molecule has 2 N–H and O–H groups in total. The molecule has 0 bridgehead atoms. The van der Waals surface area contributed by atoms with E-state index in [1.165, 1.54) is 6.08 Å². The highest BCUT2D eigenvalue weighted by Crippen LogP contribution is 2.17. The van der Waals surface area contributed by atoms with E-state index in [2.05, 4.69) is 17.2 Å². The molecule has 1 aliphatic carbocycles. The number of amides is 3. The van der Waals surface area contributed by atoms with E-state index < -0.39 is 24.5 Å². The Bertz CT molecular complexity index is 691. The summed E-state index contributed by atoms with van der Waals surface area (Å²) >= 11 is 0. The summed E-state index contributed by atoms with van der Waals surface area (Å²) in [6, 6.07) is 6.65. The van der Waals surface area contributed by atoms with Crippen molar-refractivity contribution in [2.75, 3.05) is 13.2 Å². The second kappa shape index (κ2) is 10.8. The first-order valence-electron chi connectivity index (χ1n) is 8.86. The molecule has 0 aliphatic heterocycles. The van der Waals surface area contributed by atoms with E-state index in [0.717, 1.165) is 31.2 Å². The maximum absolute atomic E-state index is 11.7. The Kier molecular flexibility index (Phi) is 8.09. The van der Waals surface area contributed by atoms with Crippen LogP contribution in [0.3, 0.4) is 0 Å². The SMILES string of the molecule is C=CCOc1ccc(/C=C/C(=O)OCC(=O)NC(=O)NC2CCCC2)cc1. The van der Waals surface area contributed by atoms with E-state index in [0.29, 0.717) is 12.4 Å². The Balaban J connectivity index is 1.68. The van der Waals surface area contributed by atoms with Crippen molar-refractivity contribution in [1.29, 1.82) is 0 Å². The van der Waals surface area contributed by atoms with Crippen molar-refractivity contribution < 1.29 is 23.9 Å². The van der Waals surface area contributed by atoms with E-state index in [-0.39, 0.29) is 6.04 Å². The number of esters is 1. The number of imide groups is 1. The van der Waals surface area contributed by atoms with Gasteiger partial charge in [0.05, 0.1) is 0 Å². The zero-order chi connectivity index (χ0) is 19.5. The van der Waals surface area contributed by atoms with Gasteiger partial charge >= 0.3 is 12.0 Å². The molecular formula is C20H24N2O5. The summed E-state index contributed by atoms with van der Waals surface area (Å²) in [7, 11) is 0. The highest BCUT2D eigenvalue weighted by molar-refractivity contribution is 5.96. The van der Waals surface area contributed by atoms with Crippen LogP contribution < -0.4 is 15.4 Å². The number of urea groups is 1. The molecule has 1 aromatic rings. The van der Waals surface area contributed by atoms with Crippen LogP contribution in [0, 0.1) is 0 Å². The average molecular weight is 372 g/mol. The first-order chi connectivity index (χ1) is 13.1. The molecule has 0 saturated heterocycles. The van der Waals surface area contributed by atoms with Crippen molar-refractivity contribution >= 4 is 24.0 Å². The van der Waals surface area contributed by atoms with Gasteiger partial charge in [-0.05, 0) is 36.6 Å². The molecule has 27 heavy (non-hydrogen) atoms. The molecule has 7 heteroatoms. The van der Waals surface area contributed by atoms with Crippen LogP contribution in [0.15, 0.2) is 43.0 Å². The topological polar surface area (TPSA) is 93.7 Å². The lowest BCUT2D eigenvalue weighted by Crippen LogP contribution is -2.44. The van der Waals surface area contributed by atoms with E-state index in [9.17, 15) is 14.4 Å². The summed E-state index contributed by atoms with van der Waals surface area (Å²) in [6.45, 7) is 3.47. The molecule has 0 atom stereocenters. The summed E-state index contributed by atoms with van der Waals surface area (Å²) in [5.74, 6) is -0.647. The lowest BCUT2D eigenvalue weighted by atomic mass is 10.2. The summed E-state index contributed by atoms with van der Waals surface area (Å²) in [4.78, 5) is 34.9. The fourth-order valence-electron chi connectivity index (χ4n) is 2.63. The Morgan fingerprint density at radius 3 is 2.52 bits per heavy atom. The standard InChI is InChI=1S/C20H24N2O5/c1-2-13-26-17-10-7-15(8-11-17)9-12-19(24)27-14-18(23)22-20(25)21-16-5-3-4-6-16/h2,7-12,16H,1,3-6,13-14H2,(H2,21,22,23,25)/b12-9+. The summed E-state index contributed by atoms with van der Waals surface area (Å²) < 4.78 is 10.2. The van der Waals surface area contributed by atoms with Crippen molar-refractivity contribution in [2.45, 2.75) is 31.7 Å². The summed E-state index contributed by atoms with van der Waals surface area (Å²) in [5, 5.41) is 4.87. The van der Waals surface area contributed by atoms with Gasteiger partial charge in [-0.25, -0.2) is 9.59 Å². The fourth-order valence-corrected chi connectivity index (χ4v) is 2.63. The molecule has 0 radical (unpaired) electrons. The van der Waals surface area contributed by atoms with Gasteiger partial charge in [-0.15, -0.1) is 0 Å². The fraction of sp³-hybridized carbons (Fsp3) is 0.350. The zero-order valence-electron chi connectivity index (χ0n) is 15.1. The number of hydrogen-bond acceptors (Lipinski definition) is 5. The summed E-state index contributed by atoms with van der Waals surface area (Å²) in [5.41, 5.74) is 0.776. The molecule has 0 aromatic heterocycles. The number of benzene rings is 1. The van der Waals surface area contributed by atoms with Gasteiger partial charge in [-0.2, -0.15) is 0 Å². The van der Waals surface area contributed by atoms with Gasteiger partial charge in [0.1, 0.15) is 12.4 Å². The molecule has 1 saturated carbocycles. The number of hydrogen-bond donors (Lipinski definition) is 2. The molecule has 0 spiro atoms. The molecule has 1 aliphatic rings. The first kappa shape index (κ1) is 20.2. The monoisotopic (exact) mass is 372 g/mol. The minimum Gasteiger partial charge on any atom is -0.490 e. The van der Waals surface area contributed by atoms with Crippen LogP contribution in [0.25, 0.3) is 6.08 Å². The number of ether oxygens (including phenoxy) is 2. The highest BCUT2D eigenvalue weighted by Gasteiger charge is 2.18. The van der Waals surface area contributed by atoms with Gasteiger partial charge in [0, 0.05) is 12.1 Å². The van der Waals surface area contributed by atoms with Crippen LogP contribution in [0.5, 0.6) is 5.75 Å². The van der Waals surface area contributed by atoms with Crippen molar-refractivity contribution in [3.63, 3.8) is 0 Å². The molecule has 7 nitrogen and oxygen atoms in total. The molecule has 144 valence electrons. The van der Waals surface area contributed by atoms with Crippen LogP contribution in [0.2, 0.25) is 0 Å². The maximum atomic E-state index is 11.7. The van der Waals surface area contributed by atoms with Crippen molar-refractivity contribution in [1.82, 2.24) is 10.6 Å². The average Bonchev–Trinajstić information content (AvgIpc) is 3.16. The van der Waals surface area contributed by atoms with Crippen LogP contribution >= 0.6 is 0 Å². The Morgan fingerprint density at radius 2 is 1.85 bits per heavy atom. The van der Waals surface area contributed by atoms with Gasteiger partial charge in [0.25, 0.3) is 5.91 Å². The Hall–Kier alpha value is -3.09. The minimum absolute atomic E-state index is 0.108. The molecular weight excluding hydrogens is 348 g/mol. The van der Waals surface area contributed by atoms with Gasteiger partial charge in [-0.1, -0.05) is 37.6 Å². The number of carbonyl (C=O) groups is 3. The normalized spacial score (nSPS) is 13.9. The van der Waals surface area contributed by atoms with Gasteiger partial charge in [-0.3, -0.25) is 10.1 Å². The van der Waals surface area contributed by atoms with Crippen molar-refractivity contribution in [3.05, 3.63) is 48.6 Å². The molecule has 0 unspecified atom stereocenters. The highest BCUT2D eigenvalue weighted by atomic mass is 16.5. The van der Waals surface area contributed by atoms with E-state index in [1.54, 1.807) is 36.4 Å². The molecule has 3 amide bonds. The van der Waals surface area contributed by atoms with Crippen LogP contribution in [-0.2, 0) is 14.3 Å². The molecule has 2 rings (SSSR count). The Morgan fingerprint density at radius 1 is 1.15 bits per heavy atom. The van der Waals surface area contributed by atoms with Crippen molar-refractivity contribution in [2.24, 2.45) is 0 Å². The number of nitrogens with one attached hydrogen (secondary N) is 2. The third-order valence-corrected chi connectivity index (χ3v) is 3.95. The van der Waals surface area contributed by atoms with E-state index >= 15 is 0 Å². The van der Waals surface area contributed by atoms with Crippen molar-refractivity contribution in [3.8, 4) is 5.75 Å². The second-order valence-electron chi connectivity index (χ2n) is 6.11. The number of rotatable bonds is 8. The third kappa shape index (κ3) is 7.77. The van der Waals surface area contributed by atoms with Crippen LogP contribution in [0.1, 0.15) is 31.2 Å². The maximum Gasteiger partial charge on any atom is 0.331 e. The number of carbonyl (C=O) groups excluding carboxylic acids is 3. The van der Waals surface area contributed by atoms with Crippen LogP contribution in [-0.4, -0.2) is 37.2 Å². The second-order valence-corrected chi connectivity index (χ2v) is 6.11. The lowest BCUT2D eigenvalue weighted by Gasteiger charge is -2.12. The molecule has 1 aromatic carbocycles. The smallest absolute Gasteiger partial charge is 0.331 e. The predicted octanol–water partition coefficient (Wildman–Crippen LogP) is 2.58. The van der Waals surface area contributed by atoms with E-state index in [1.807, 2.05) is 0 Å². The lowest BCUT2D eigenvalue weighted by molar-refractivity contribution is -0.143. The van der Waals surface area contributed by atoms with Gasteiger partial charge < -0.3 is 14.8 Å². The van der Waals surface area contributed by atoms with E-state index in [4.69, 9.17) is 9.47 Å². The largest absolute Gasteiger partial charge is 0.490 e. The molecule has 1 fully saturated rings. The van der Waals surface area contributed by atoms with Gasteiger partial charge in [0.2, 0.25) is 0 Å². The first-order valence-corrected chi connectivity index (χ1v) is 8.86. The minimum atomic E-state index is -0.673. The van der Waals surface area contributed by atoms with Crippen LogP contribution in [0.4, 0.5) is 4.79 Å². The molecule has 0 heterocycles. The quantitative estimate of drug-likeness (QED) is 0.416. The predicted molar refractivity (Wildman–Crippen MR) is 101 cm³/mol.